The third kappa shape index (κ3) is 2.32. The number of alkyl halides is 1. The Labute approximate surface area is 122 Å². The number of aromatic nitrogens is 4. The molecule has 0 aliphatic rings. The molecule has 10 nitrogen and oxygen atoms in total. The van der Waals surface area contributed by atoms with Crippen molar-refractivity contribution in [3.63, 3.8) is 0 Å². The number of rotatable bonds is 4. The molecule has 1 atom stereocenters. The molecule has 0 aromatic carbocycles. The molecule has 11 heteroatoms. The molecule has 2 heterocycles. The molecule has 2 rings (SSSR count). The molecule has 0 saturated heterocycles. The lowest BCUT2D eigenvalue weighted by molar-refractivity contribution is -0.396. The van der Waals surface area contributed by atoms with Crippen LogP contribution in [-0.2, 0) is 20.6 Å². The van der Waals surface area contributed by atoms with E-state index in [0.717, 1.165) is 13.7 Å². The second-order valence-corrected chi connectivity index (χ2v) is 4.77. The molecular formula is C10H12ClN5O5. The first kappa shape index (κ1) is 15.2. The third-order valence-electron chi connectivity index (χ3n) is 3.06. The van der Waals surface area contributed by atoms with E-state index in [2.05, 4.69) is 4.98 Å². The standard InChI is InChI=1S/C10H12ClN5O5/c1-13-7-6(8(18)14(2)10(13)19)15(4-5(17)3-11)9(12-7)16(20)21/h5,17H,3-4H2,1-2H3/t5-/m0/s1. The van der Waals surface area contributed by atoms with E-state index in [1.807, 2.05) is 0 Å². The van der Waals surface area contributed by atoms with Gasteiger partial charge in [0, 0.05) is 14.1 Å². The minimum atomic E-state index is -1.09. The summed E-state index contributed by atoms with van der Waals surface area (Å²) in [5.41, 5.74) is -1.62. The van der Waals surface area contributed by atoms with E-state index >= 15 is 0 Å². The van der Waals surface area contributed by atoms with Gasteiger partial charge in [-0.25, -0.2) is 9.36 Å². The molecule has 0 unspecified atom stereocenters. The molecule has 114 valence electrons. The van der Waals surface area contributed by atoms with E-state index < -0.39 is 28.2 Å². The van der Waals surface area contributed by atoms with E-state index in [4.69, 9.17) is 11.6 Å². The Hall–Kier alpha value is -2.20. The minimum absolute atomic E-state index is 0.114. The number of imidazole rings is 1. The molecule has 0 amide bonds. The van der Waals surface area contributed by atoms with E-state index in [0.29, 0.717) is 0 Å². The summed E-state index contributed by atoms with van der Waals surface area (Å²) in [6.07, 6.45) is -1.09. The summed E-state index contributed by atoms with van der Waals surface area (Å²) in [5, 5.41) is 20.7. The van der Waals surface area contributed by atoms with Gasteiger partial charge in [0.15, 0.2) is 0 Å². The minimum Gasteiger partial charge on any atom is -0.390 e. The maximum Gasteiger partial charge on any atom is 0.437 e. The summed E-state index contributed by atoms with van der Waals surface area (Å²) in [5.74, 6) is -0.796. The van der Waals surface area contributed by atoms with Gasteiger partial charge in [0.1, 0.15) is 0 Å². The van der Waals surface area contributed by atoms with Gasteiger partial charge < -0.3 is 15.2 Å². The Bertz CT molecular complexity index is 835. The van der Waals surface area contributed by atoms with Crippen molar-refractivity contribution in [1.29, 1.82) is 0 Å². The van der Waals surface area contributed by atoms with Crippen molar-refractivity contribution < 1.29 is 10.0 Å². The van der Waals surface area contributed by atoms with Crippen LogP contribution in [0.3, 0.4) is 0 Å². The van der Waals surface area contributed by atoms with Crippen LogP contribution in [0.25, 0.3) is 11.2 Å². The topological polar surface area (TPSA) is 125 Å². The summed E-state index contributed by atoms with van der Waals surface area (Å²) in [6, 6.07) is 0. The van der Waals surface area contributed by atoms with Crippen molar-refractivity contribution >= 4 is 28.7 Å². The van der Waals surface area contributed by atoms with Gasteiger partial charge in [-0.05, 0) is 9.91 Å². The first-order chi connectivity index (χ1) is 9.79. The fraction of sp³-hybridized carbons (Fsp3) is 0.500. The van der Waals surface area contributed by atoms with Crippen molar-refractivity contribution in [3.05, 3.63) is 31.0 Å². The Balaban J connectivity index is 2.93. The second-order valence-electron chi connectivity index (χ2n) is 4.47. The van der Waals surface area contributed by atoms with Crippen LogP contribution in [0.4, 0.5) is 5.95 Å². The summed E-state index contributed by atoms with van der Waals surface area (Å²) in [4.78, 5) is 38.0. The number of aliphatic hydroxyl groups excluding tert-OH is 1. The third-order valence-corrected chi connectivity index (χ3v) is 3.42. The highest BCUT2D eigenvalue weighted by atomic mass is 35.5. The number of aryl methyl sites for hydroxylation is 1. The molecule has 0 aliphatic carbocycles. The Morgan fingerprint density at radius 3 is 2.52 bits per heavy atom. The van der Waals surface area contributed by atoms with Crippen molar-refractivity contribution in [2.24, 2.45) is 14.1 Å². The molecule has 0 spiro atoms. The summed E-state index contributed by atoms with van der Waals surface area (Å²) >= 11 is 5.49. The highest BCUT2D eigenvalue weighted by Gasteiger charge is 2.29. The number of aliphatic hydroxyl groups is 1. The van der Waals surface area contributed by atoms with E-state index in [-0.39, 0.29) is 23.6 Å². The lowest BCUT2D eigenvalue weighted by atomic mass is 10.4. The van der Waals surface area contributed by atoms with Gasteiger partial charge >= 0.3 is 11.6 Å². The normalized spacial score (nSPS) is 12.8. The van der Waals surface area contributed by atoms with Crippen LogP contribution in [-0.4, -0.2) is 40.7 Å². The SMILES string of the molecule is Cn1c(=O)c2c(nc([N+](=O)[O-])n2C[C@@H](O)CCl)n(C)c1=O. The maximum atomic E-state index is 12.2. The molecule has 21 heavy (non-hydrogen) atoms. The van der Waals surface area contributed by atoms with Gasteiger partial charge in [-0.15, -0.1) is 11.6 Å². The molecular weight excluding hydrogens is 306 g/mol. The number of nitro groups is 1. The quantitative estimate of drug-likeness (QED) is 0.435. The van der Waals surface area contributed by atoms with Crippen LogP contribution in [0.15, 0.2) is 9.59 Å². The van der Waals surface area contributed by atoms with Crippen molar-refractivity contribution in [2.45, 2.75) is 12.6 Å². The summed E-state index contributed by atoms with van der Waals surface area (Å²) < 4.78 is 2.81. The largest absolute Gasteiger partial charge is 0.437 e. The maximum absolute atomic E-state index is 12.2. The lowest BCUT2D eigenvalue weighted by Gasteiger charge is -2.07. The average Bonchev–Trinajstić information content (AvgIpc) is 2.82. The Kier molecular flexibility index (Phi) is 3.83. The van der Waals surface area contributed by atoms with Crippen molar-refractivity contribution in [1.82, 2.24) is 18.7 Å². The fourth-order valence-electron chi connectivity index (χ4n) is 2.01. The van der Waals surface area contributed by atoms with Crippen LogP contribution in [0.1, 0.15) is 0 Å². The first-order valence-corrected chi connectivity index (χ1v) is 6.37. The zero-order valence-electron chi connectivity index (χ0n) is 11.2. The number of hydrogen-bond acceptors (Lipinski definition) is 6. The van der Waals surface area contributed by atoms with Crippen molar-refractivity contribution in [3.8, 4) is 0 Å². The number of nitrogens with zero attached hydrogens (tertiary/aromatic N) is 5. The molecule has 0 saturated carbocycles. The van der Waals surface area contributed by atoms with Crippen LogP contribution in [0.5, 0.6) is 0 Å². The summed E-state index contributed by atoms with van der Waals surface area (Å²) in [7, 11) is 2.61. The van der Waals surface area contributed by atoms with Gasteiger partial charge in [-0.3, -0.25) is 13.9 Å². The monoisotopic (exact) mass is 317 g/mol. The number of fused-ring (bicyclic) bond motifs is 1. The van der Waals surface area contributed by atoms with Gasteiger partial charge in [0.05, 0.1) is 18.5 Å². The zero-order chi connectivity index (χ0) is 15.9. The molecule has 2 aromatic heterocycles. The molecule has 2 aromatic rings. The van der Waals surface area contributed by atoms with Crippen LogP contribution >= 0.6 is 11.6 Å². The van der Waals surface area contributed by atoms with E-state index in [1.54, 1.807) is 0 Å². The molecule has 0 bridgehead atoms. The van der Waals surface area contributed by atoms with Crippen LogP contribution in [0, 0.1) is 10.1 Å². The molecule has 1 N–H and O–H groups in total. The Morgan fingerprint density at radius 2 is 2.00 bits per heavy atom. The number of halogens is 1. The van der Waals surface area contributed by atoms with Crippen LogP contribution in [0.2, 0.25) is 0 Å². The molecule has 0 aliphatic heterocycles. The van der Waals surface area contributed by atoms with Gasteiger partial charge in [-0.2, -0.15) is 0 Å². The Morgan fingerprint density at radius 1 is 1.38 bits per heavy atom. The zero-order valence-corrected chi connectivity index (χ0v) is 11.9. The van der Waals surface area contributed by atoms with Gasteiger partial charge in [0.25, 0.3) is 11.2 Å². The predicted molar refractivity (Wildman–Crippen MR) is 73.6 cm³/mol. The second kappa shape index (κ2) is 5.30. The van der Waals surface area contributed by atoms with E-state index in [9.17, 15) is 24.8 Å². The summed E-state index contributed by atoms with van der Waals surface area (Å²) in [6.45, 7) is -0.274. The highest BCUT2D eigenvalue weighted by Crippen LogP contribution is 2.18. The van der Waals surface area contributed by atoms with Crippen LogP contribution < -0.4 is 11.2 Å². The van der Waals surface area contributed by atoms with E-state index in [1.165, 1.54) is 14.1 Å². The molecule has 0 fully saturated rings. The lowest BCUT2D eigenvalue weighted by Crippen LogP contribution is -2.38. The van der Waals surface area contributed by atoms with Gasteiger partial charge in [-0.1, -0.05) is 0 Å². The first-order valence-electron chi connectivity index (χ1n) is 5.84. The van der Waals surface area contributed by atoms with Gasteiger partial charge in [0.2, 0.25) is 5.52 Å². The average molecular weight is 318 g/mol. The molecule has 0 radical (unpaired) electrons. The number of hydrogen-bond donors (Lipinski definition) is 1. The highest BCUT2D eigenvalue weighted by molar-refractivity contribution is 6.18. The fourth-order valence-corrected chi connectivity index (χ4v) is 2.10. The smallest absolute Gasteiger partial charge is 0.390 e. The van der Waals surface area contributed by atoms with Crippen molar-refractivity contribution in [2.75, 3.05) is 5.88 Å². The predicted octanol–water partition coefficient (Wildman–Crippen LogP) is -1.06.